The molecular formula is C21H24N2O3S. The largest absolute Gasteiger partial charge is 0.508 e. The van der Waals surface area contributed by atoms with Crippen LogP contribution in [0, 0.1) is 5.92 Å². The molecule has 1 aromatic heterocycles. The van der Waals surface area contributed by atoms with Crippen molar-refractivity contribution < 1.29 is 14.6 Å². The molecule has 1 heterocycles. The molecule has 0 aliphatic heterocycles. The van der Waals surface area contributed by atoms with Crippen LogP contribution < -0.4 is 4.74 Å². The standard InChI is InChI=1S/C21H24N2O3S/c1-4-25-21(27)14(2)11-15-5-8-17(9-6-15)26-13-20-22-18-10-7-16(24)12-19(18)23(20)3/h5-10,12,14,24H,4,11,13H2,1-3H3. The average Bonchev–Trinajstić information content (AvgIpc) is 2.97. The van der Waals surface area contributed by atoms with Crippen molar-refractivity contribution in [1.29, 1.82) is 0 Å². The van der Waals surface area contributed by atoms with Gasteiger partial charge in [0, 0.05) is 19.0 Å². The van der Waals surface area contributed by atoms with Crippen molar-refractivity contribution in [3.63, 3.8) is 0 Å². The lowest BCUT2D eigenvalue weighted by molar-refractivity contribution is 0.292. The summed E-state index contributed by atoms with van der Waals surface area (Å²) in [5.74, 6) is 2.01. The molecule has 5 nitrogen and oxygen atoms in total. The molecule has 1 atom stereocenters. The summed E-state index contributed by atoms with van der Waals surface area (Å²) in [5.41, 5.74) is 2.90. The lowest BCUT2D eigenvalue weighted by Crippen LogP contribution is -2.14. The molecule has 0 aliphatic carbocycles. The van der Waals surface area contributed by atoms with Crippen LogP contribution in [0.1, 0.15) is 25.2 Å². The van der Waals surface area contributed by atoms with Gasteiger partial charge in [-0.1, -0.05) is 19.1 Å². The van der Waals surface area contributed by atoms with E-state index in [1.54, 1.807) is 18.2 Å². The number of fused-ring (bicyclic) bond motifs is 1. The van der Waals surface area contributed by atoms with Crippen molar-refractivity contribution >= 4 is 28.3 Å². The zero-order chi connectivity index (χ0) is 19.4. The Bertz CT molecular complexity index is 934. The van der Waals surface area contributed by atoms with Crippen LogP contribution in [0.4, 0.5) is 0 Å². The molecule has 0 bridgehead atoms. The summed E-state index contributed by atoms with van der Waals surface area (Å²) in [6.45, 7) is 4.98. The van der Waals surface area contributed by atoms with Crippen LogP contribution in [0.2, 0.25) is 0 Å². The summed E-state index contributed by atoms with van der Waals surface area (Å²) >= 11 is 5.27. The molecule has 27 heavy (non-hydrogen) atoms. The Labute approximate surface area is 164 Å². The van der Waals surface area contributed by atoms with E-state index in [1.165, 1.54) is 5.56 Å². The molecule has 3 aromatic rings. The van der Waals surface area contributed by atoms with Gasteiger partial charge in [-0.2, -0.15) is 0 Å². The molecule has 3 rings (SSSR count). The molecular weight excluding hydrogens is 360 g/mol. The summed E-state index contributed by atoms with van der Waals surface area (Å²) < 4.78 is 13.2. The molecule has 0 saturated heterocycles. The van der Waals surface area contributed by atoms with E-state index < -0.39 is 0 Å². The number of imidazole rings is 1. The molecule has 0 aliphatic rings. The third-order valence-electron chi connectivity index (χ3n) is 4.48. The Balaban J connectivity index is 1.62. The zero-order valence-corrected chi connectivity index (χ0v) is 16.6. The van der Waals surface area contributed by atoms with E-state index >= 15 is 0 Å². The Hall–Kier alpha value is -2.60. The third-order valence-corrected chi connectivity index (χ3v) is 5.00. The van der Waals surface area contributed by atoms with Gasteiger partial charge in [-0.15, -0.1) is 0 Å². The first kappa shape index (κ1) is 19.2. The van der Waals surface area contributed by atoms with E-state index in [1.807, 2.05) is 42.8 Å². The number of aryl methyl sites for hydroxylation is 1. The minimum absolute atomic E-state index is 0.197. The maximum Gasteiger partial charge on any atom is 0.162 e. The number of benzene rings is 2. The number of rotatable bonds is 7. The number of aromatic nitrogens is 2. The Morgan fingerprint density at radius 3 is 2.67 bits per heavy atom. The van der Waals surface area contributed by atoms with Crippen LogP contribution in [0.15, 0.2) is 42.5 Å². The highest BCUT2D eigenvalue weighted by molar-refractivity contribution is 7.80. The fourth-order valence-corrected chi connectivity index (χ4v) is 3.15. The maximum atomic E-state index is 9.64. The Morgan fingerprint density at radius 2 is 1.96 bits per heavy atom. The molecule has 0 fully saturated rings. The number of phenolic OH excluding ortho intramolecular Hbond substituents is 1. The molecule has 6 heteroatoms. The van der Waals surface area contributed by atoms with Crippen LogP contribution in [0.3, 0.4) is 0 Å². The van der Waals surface area contributed by atoms with Gasteiger partial charge in [-0.05, 0) is 55.4 Å². The topological polar surface area (TPSA) is 56.5 Å². The lowest BCUT2D eigenvalue weighted by Gasteiger charge is -2.13. The molecule has 0 radical (unpaired) electrons. The van der Waals surface area contributed by atoms with Gasteiger partial charge in [0.25, 0.3) is 0 Å². The summed E-state index contributed by atoms with van der Waals surface area (Å²) in [6, 6.07) is 13.2. The predicted octanol–water partition coefficient (Wildman–Crippen LogP) is 4.40. The number of hydrogen-bond donors (Lipinski definition) is 1. The quantitative estimate of drug-likeness (QED) is 0.612. The van der Waals surface area contributed by atoms with Crippen molar-refractivity contribution in [2.45, 2.75) is 26.9 Å². The second-order valence-corrected chi connectivity index (χ2v) is 6.95. The normalized spacial score (nSPS) is 12.1. The maximum absolute atomic E-state index is 9.64. The van der Waals surface area contributed by atoms with Gasteiger partial charge in [0.1, 0.15) is 23.9 Å². The van der Waals surface area contributed by atoms with Gasteiger partial charge in [0.15, 0.2) is 5.05 Å². The van der Waals surface area contributed by atoms with E-state index in [-0.39, 0.29) is 11.7 Å². The van der Waals surface area contributed by atoms with Crippen LogP contribution in [-0.4, -0.2) is 26.3 Å². The minimum Gasteiger partial charge on any atom is -0.508 e. The summed E-state index contributed by atoms with van der Waals surface area (Å²) in [5, 5.41) is 10.3. The van der Waals surface area contributed by atoms with Crippen molar-refractivity contribution in [2.24, 2.45) is 13.0 Å². The molecule has 1 N–H and O–H groups in total. The predicted molar refractivity (Wildman–Crippen MR) is 110 cm³/mol. The van der Waals surface area contributed by atoms with Crippen molar-refractivity contribution in [3.8, 4) is 11.5 Å². The smallest absolute Gasteiger partial charge is 0.162 e. The molecule has 2 aromatic carbocycles. The highest BCUT2D eigenvalue weighted by Crippen LogP contribution is 2.22. The zero-order valence-electron chi connectivity index (χ0n) is 15.8. The van der Waals surface area contributed by atoms with Gasteiger partial charge in [-0.25, -0.2) is 4.98 Å². The van der Waals surface area contributed by atoms with E-state index in [2.05, 4.69) is 11.9 Å². The number of thiocarbonyl (C=S) groups is 1. The number of hydrogen-bond acceptors (Lipinski definition) is 5. The van der Waals surface area contributed by atoms with E-state index in [9.17, 15) is 5.11 Å². The van der Waals surface area contributed by atoms with Crippen LogP contribution in [-0.2, 0) is 24.8 Å². The van der Waals surface area contributed by atoms with Crippen LogP contribution in [0.25, 0.3) is 11.0 Å². The van der Waals surface area contributed by atoms with Gasteiger partial charge >= 0.3 is 0 Å². The van der Waals surface area contributed by atoms with Gasteiger partial charge in [0.05, 0.1) is 17.6 Å². The first-order valence-electron chi connectivity index (χ1n) is 9.00. The molecule has 1 unspecified atom stereocenters. The molecule has 0 saturated carbocycles. The Morgan fingerprint density at radius 1 is 1.22 bits per heavy atom. The molecule has 142 valence electrons. The van der Waals surface area contributed by atoms with Gasteiger partial charge < -0.3 is 19.1 Å². The van der Waals surface area contributed by atoms with Crippen molar-refractivity contribution in [2.75, 3.05) is 6.61 Å². The fourth-order valence-electron chi connectivity index (χ4n) is 2.95. The second kappa shape index (κ2) is 8.39. The van der Waals surface area contributed by atoms with Crippen molar-refractivity contribution in [1.82, 2.24) is 9.55 Å². The fraction of sp³-hybridized carbons (Fsp3) is 0.333. The molecule has 0 spiro atoms. The summed E-state index contributed by atoms with van der Waals surface area (Å²) in [7, 11) is 1.92. The van der Waals surface area contributed by atoms with E-state index in [0.29, 0.717) is 18.3 Å². The lowest BCUT2D eigenvalue weighted by atomic mass is 10.0. The third kappa shape index (κ3) is 4.57. The number of aromatic hydroxyl groups is 1. The minimum atomic E-state index is 0.197. The van der Waals surface area contributed by atoms with Crippen molar-refractivity contribution in [3.05, 3.63) is 53.9 Å². The number of nitrogens with zero attached hydrogens (tertiary/aromatic N) is 2. The monoisotopic (exact) mass is 384 g/mol. The SMILES string of the molecule is CCOC(=S)C(C)Cc1ccc(OCc2nc3ccc(O)cc3n2C)cc1. The van der Waals surface area contributed by atoms with E-state index in [0.717, 1.165) is 29.0 Å². The van der Waals surface area contributed by atoms with Crippen LogP contribution in [0.5, 0.6) is 11.5 Å². The van der Waals surface area contributed by atoms with Gasteiger partial charge in [-0.3, -0.25) is 0 Å². The van der Waals surface area contributed by atoms with Gasteiger partial charge in [0.2, 0.25) is 0 Å². The highest BCUT2D eigenvalue weighted by Gasteiger charge is 2.11. The average molecular weight is 385 g/mol. The summed E-state index contributed by atoms with van der Waals surface area (Å²) in [6.07, 6.45) is 0.841. The van der Waals surface area contributed by atoms with Crippen LogP contribution >= 0.6 is 12.2 Å². The first-order chi connectivity index (χ1) is 13.0. The highest BCUT2D eigenvalue weighted by atomic mass is 32.1. The summed E-state index contributed by atoms with van der Waals surface area (Å²) in [4.78, 5) is 4.56. The first-order valence-corrected chi connectivity index (χ1v) is 9.41. The number of phenols is 1. The van der Waals surface area contributed by atoms with E-state index in [4.69, 9.17) is 21.7 Å². The molecule has 0 amide bonds. The number of ether oxygens (including phenoxy) is 2. The second-order valence-electron chi connectivity index (χ2n) is 6.55. The Kier molecular flexibility index (Phi) is 5.96.